The summed E-state index contributed by atoms with van der Waals surface area (Å²) in [6, 6.07) is 8.18. The highest BCUT2D eigenvalue weighted by Gasteiger charge is 2.31. The fourth-order valence-corrected chi connectivity index (χ4v) is 2.92. The molecule has 1 aromatic carbocycles. The number of ether oxygens (including phenoxy) is 1. The third-order valence-corrected chi connectivity index (χ3v) is 4.63. The number of pyridine rings is 1. The Bertz CT molecular complexity index is 810. The molecular weight excluding hydrogens is 359 g/mol. The Balaban J connectivity index is 1.61. The molecule has 0 amide bonds. The second-order valence-electron chi connectivity index (χ2n) is 6.61. The summed E-state index contributed by atoms with van der Waals surface area (Å²) in [5, 5.41) is 0. The molecule has 1 aromatic heterocycles. The van der Waals surface area contributed by atoms with Crippen molar-refractivity contribution in [2.24, 2.45) is 0 Å². The molecule has 1 aliphatic heterocycles. The van der Waals surface area contributed by atoms with Crippen LogP contribution in [0.2, 0.25) is 0 Å². The number of alkyl halides is 3. The molecule has 2 heterocycles. The SMILES string of the molecule is CN1CCN(CCOc2ccc(-n3cc(C(F)(F)F)ccc3=O)cc2)CC1. The highest BCUT2D eigenvalue weighted by Crippen LogP contribution is 2.28. The molecule has 1 fully saturated rings. The van der Waals surface area contributed by atoms with Gasteiger partial charge in [0.05, 0.1) is 5.56 Å². The minimum absolute atomic E-state index is 0.359. The van der Waals surface area contributed by atoms with E-state index in [0.29, 0.717) is 18.0 Å². The molecule has 3 rings (SSSR count). The second-order valence-corrected chi connectivity index (χ2v) is 6.61. The molecule has 146 valence electrons. The molecule has 2 aromatic rings. The van der Waals surface area contributed by atoms with Crippen LogP contribution >= 0.6 is 0 Å². The first-order valence-electron chi connectivity index (χ1n) is 8.77. The Morgan fingerprint density at radius 3 is 2.30 bits per heavy atom. The average Bonchev–Trinajstić information content (AvgIpc) is 2.63. The van der Waals surface area contributed by atoms with Gasteiger partial charge in [0.1, 0.15) is 12.4 Å². The van der Waals surface area contributed by atoms with Gasteiger partial charge >= 0.3 is 6.18 Å². The maximum atomic E-state index is 12.9. The molecule has 27 heavy (non-hydrogen) atoms. The van der Waals surface area contributed by atoms with Crippen LogP contribution in [-0.4, -0.2) is 60.7 Å². The fourth-order valence-electron chi connectivity index (χ4n) is 2.92. The Labute approximate surface area is 155 Å². The van der Waals surface area contributed by atoms with Gasteiger partial charge in [0.15, 0.2) is 0 Å². The van der Waals surface area contributed by atoms with Crippen molar-refractivity contribution in [2.45, 2.75) is 6.18 Å². The standard InChI is InChI=1S/C19H22F3N3O2/c1-23-8-10-24(11-9-23)12-13-27-17-5-3-16(4-6-17)25-14-15(19(20,21)22)2-7-18(25)26/h2-7,14H,8-13H2,1H3. The van der Waals surface area contributed by atoms with Gasteiger partial charge < -0.3 is 9.64 Å². The van der Waals surface area contributed by atoms with Crippen LogP contribution in [0.15, 0.2) is 47.4 Å². The average molecular weight is 381 g/mol. The molecule has 0 saturated carbocycles. The monoisotopic (exact) mass is 381 g/mol. The third-order valence-electron chi connectivity index (χ3n) is 4.63. The lowest BCUT2D eigenvalue weighted by Crippen LogP contribution is -2.45. The zero-order valence-electron chi connectivity index (χ0n) is 15.1. The van der Waals surface area contributed by atoms with Crippen LogP contribution < -0.4 is 10.3 Å². The molecule has 0 unspecified atom stereocenters. The molecule has 8 heteroatoms. The van der Waals surface area contributed by atoms with Crippen molar-refractivity contribution in [1.29, 1.82) is 0 Å². The zero-order valence-corrected chi connectivity index (χ0v) is 15.1. The first kappa shape index (κ1) is 19.4. The molecule has 1 aliphatic rings. The van der Waals surface area contributed by atoms with E-state index in [0.717, 1.165) is 55.6 Å². The Kier molecular flexibility index (Phi) is 5.86. The number of piperazine rings is 1. The summed E-state index contributed by atoms with van der Waals surface area (Å²) in [4.78, 5) is 16.5. The van der Waals surface area contributed by atoms with E-state index in [4.69, 9.17) is 4.74 Å². The van der Waals surface area contributed by atoms with E-state index in [1.54, 1.807) is 24.3 Å². The minimum Gasteiger partial charge on any atom is -0.492 e. The van der Waals surface area contributed by atoms with Crippen LogP contribution in [0.3, 0.4) is 0 Å². The molecule has 0 atom stereocenters. The first-order valence-corrected chi connectivity index (χ1v) is 8.77. The van der Waals surface area contributed by atoms with Gasteiger partial charge in [-0.3, -0.25) is 14.3 Å². The Morgan fingerprint density at radius 2 is 1.67 bits per heavy atom. The molecule has 5 nitrogen and oxygen atoms in total. The maximum Gasteiger partial charge on any atom is 0.417 e. The van der Waals surface area contributed by atoms with Crippen LogP contribution in [0.4, 0.5) is 13.2 Å². The largest absolute Gasteiger partial charge is 0.492 e. The first-order chi connectivity index (χ1) is 12.8. The molecule has 1 saturated heterocycles. The van der Waals surface area contributed by atoms with Gasteiger partial charge in [-0.2, -0.15) is 13.2 Å². The van der Waals surface area contributed by atoms with E-state index in [1.165, 1.54) is 0 Å². The molecule has 0 bridgehead atoms. The lowest BCUT2D eigenvalue weighted by molar-refractivity contribution is -0.138. The van der Waals surface area contributed by atoms with Gasteiger partial charge in [0.25, 0.3) is 5.56 Å². The van der Waals surface area contributed by atoms with Crippen LogP contribution in [0, 0.1) is 0 Å². The van der Waals surface area contributed by atoms with Gasteiger partial charge in [-0.15, -0.1) is 0 Å². The lowest BCUT2D eigenvalue weighted by Gasteiger charge is -2.32. The summed E-state index contributed by atoms with van der Waals surface area (Å²) in [6.07, 6.45) is -3.69. The van der Waals surface area contributed by atoms with E-state index in [-0.39, 0.29) is 0 Å². The number of aromatic nitrogens is 1. The summed E-state index contributed by atoms with van der Waals surface area (Å²) in [6.45, 7) is 5.46. The van der Waals surface area contributed by atoms with Crippen LogP contribution in [0.1, 0.15) is 5.56 Å². The van der Waals surface area contributed by atoms with Crippen LogP contribution in [-0.2, 0) is 6.18 Å². The van der Waals surface area contributed by atoms with Crippen molar-refractivity contribution in [3.05, 3.63) is 58.5 Å². The zero-order chi connectivity index (χ0) is 19.4. The number of likely N-dealkylation sites (N-methyl/N-ethyl adjacent to an activating group) is 1. The molecular formula is C19H22F3N3O2. The van der Waals surface area contributed by atoms with Gasteiger partial charge in [-0.05, 0) is 37.4 Å². The van der Waals surface area contributed by atoms with Crippen LogP contribution in [0.25, 0.3) is 5.69 Å². The summed E-state index contributed by atoms with van der Waals surface area (Å²) in [5.41, 5.74) is -1.03. The summed E-state index contributed by atoms with van der Waals surface area (Å²) < 4.78 is 45.3. The lowest BCUT2D eigenvalue weighted by atomic mass is 10.2. The molecule has 0 radical (unpaired) electrons. The number of nitrogens with zero attached hydrogens (tertiary/aromatic N) is 3. The number of benzene rings is 1. The van der Waals surface area contributed by atoms with Crippen molar-refractivity contribution in [3.63, 3.8) is 0 Å². The number of hydrogen-bond acceptors (Lipinski definition) is 4. The van der Waals surface area contributed by atoms with Crippen molar-refractivity contribution >= 4 is 0 Å². The van der Waals surface area contributed by atoms with Gasteiger partial charge in [-0.25, -0.2) is 0 Å². The molecule has 0 aliphatic carbocycles. The van der Waals surface area contributed by atoms with Crippen LogP contribution in [0.5, 0.6) is 5.75 Å². The maximum absolute atomic E-state index is 12.9. The quantitative estimate of drug-likeness (QED) is 0.798. The fraction of sp³-hybridized carbons (Fsp3) is 0.421. The highest BCUT2D eigenvalue weighted by molar-refractivity contribution is 5.38. The number of rotatable bonds is 5. The Morgan fingerprint density at radius 1 is 1.00 bits per heavy atom. The van der Waals surface area contributed by atoms with E-state index >= 15 is 0 Å². The topological polar surface area (TPSA) is 37.7 Å². The molecule has 0 spiro atoms. The highest BCUT2D eigenvalue weighted by atomic mass is 19.4. The second kappa shape index (κ2) is 8.14. The van der Waals surface area contributed by atoms with Gasteiger partial charge in [-0.1, -0.05) is 0 Å². The van der Waals surface area contributed by atoms with Crippen molar-refractivity contribution in [3.8, 4) is 11.4 Å². The van der Waals surface area contributed by atoms with Gasteiger partial charge in [0.2, 0.25) is 0 Å². The predicted molar refractivity (Wildman–Crippen MR) is 96.5 cm³/mol. The van der Waals surface area contributed by atoms with Crippen molar-refractivity contribution in [1.82, 2.24) is 14.4 Å². The van der Waals surface area contributed by atoms with E-state index in [9.17, 15) is 18.0 Å². The van der Waals surface area contributed by atoms with Crippen molar-refractivity contribution < 1.29 is 17.9 Å². The van der Waals surface area contributed by atoms with E-state index < -0.39 is 17.3 Å². The normalized spacial score (nSPS) is 16.4. The summed E-state index contributed by atoms with van der Waals surface area (Å²) >= 11 is 0. The summed E-state index contributed by atoms with van der Waals surface area (Å²) in [7, 11) is 2.10. The Hall–Kier alpha value is -2.32. The minimum atomic E-state index is -4.50. The smallest absolute Gasteiger partial charge is 0.417 e. The van der Waals surface area contributed by atoms with Crippen molar-refractivity contribution in [2.75, 3.05) is 46.4 Å². The number of hydrogen-bond donors (Lipinski definition) is 0. The van der Waals surface area contributed by atoms with E-state index in [1.807, 2.05) is 0 Å². The summed E-state index contributed by atoms with van der Waals surface area (Å²) in [5.74, 6) is 0.618. The van der Waals surface area contributed by atoms with Gasteiger partial charge in [0, 0.05) is 50.7 Å². The number of halogens is 3. The third kappa shape index (κ3) is 5.11. The molecule has 0 N–H and O–H groups in total. The van der Waals surface area contributed by atoms with E-state index in [2.05, 4.69) is 16.8 Å². The predicted octanol–water partition coefficient (Wildman–Crippen LogP) is 2.48.